The summed E-state index contributed by atoms with van der Waals surface area (Å²) in [5.74, 6) is 0.678. The van der Waals surface area contributed by atoms with Crippen LogP contribution in [-0.2, 0) is 4.79 Å². The Morgan fingerprint density at radius 1 is 0.659 bits per heavy atom. The van der Waals surface area contributed by atoms with Crippen molar-refractivity contribution in [3.8, 4) is 11.5 Å². The lowest BCUT2D eigenvalue weighted by Gasteiger charge is -2.07. The number of esters is 1. The lowest BCUT2D eigenvalue weighted by Crippen LogP contribution is -2.16. The van der Waals surface area contributed by atoms with Gasteiger partial charge in [-0.3, -0.25) is 4.79 Å². The average Bonchev–Trinajstić information content (AvgIpc) is 2.99. The second kappa shape index (κ2) is 22.5. The molecule has 0 heterocycles. The first-order chi connectivity index (χ1) is 20.1. The molecule has 0 fully saturated rings. The minimum Gasteiger partial charge on any atom is -0.494 e. The van der Waals surface area contributed by atoms with Gasteiger partial charge in [-0.1, -0.05) is 104 Å². The Hall–Kier alpha value is -3.15. The Bertz CT molecular complexity index is 986. The van der Waals surface area contributed by atoms with Gasteiger partial charge < -0.3 is 9.47 Å². The number of hydrogen-bond acceptors (Lipinski definition) is 5. The second-order valence-corrected chi connectivity index (χ2v) is 10.8. The summed E-state index contributed by atoms with van der Waals surface area (Å²) in [7, 11) is 0. The molecular formula is C35H52N2O4. The highest BCUT2D eigenvalue weighted by Gasteiger charge is 2.09. The maximum Gasteiger partial charge on any atom is 0.343 e. The van der Waals surface area contributed by atoms with E-state index in [2.05, 4.69) is 17.5 Å². The summed E-state index contributed by atoms with van der Waals surface area (Å²) < 4.78 is 11.0. The van der Waals surface area contributed by atoms with Crippen molar-refractivity contribution in [3.63, 3.8) is 0 Å². The van der Waals surface area contributed by atoms with Crippen LogP contribution in [0, 0.1) is 0 Å². The molecule has 226 valence electrons. The van der Waals surface area contributed by atoms with Crippen molar-refractivity contribution in [1.82, 2.24) is 5.43 Å². The molecule has 0 atom stereocenters. The SMILES string of the molecule is CCCCCCCCCCCCCCCCCC(=O)N/N=C\c1ccc(OC(=O)c2ccc(OCCC)cc2)cc1. The van der Waals surface area contributed by atoms with Crippen LogP contribution < -0.4 is 14.9 Å². The Kier molecular flexibility index (Phi) is 18.7. The third-order valence-electron chi connectivity index (χ3n) is 7.06. The van der Waals surface area contributed by atoms with Gasteiger partial charge in [-0.2, -0.15) is 5.10 Å². The largest absolute Gasteiger partial charge is 0.494 e. The van der Waals surface area contributed by atoms with Gasteiger partial charge in [-0.15, -0.1) is 0 Å². The molecule has 0 saturated carbocycles. The van der Waals surface area contributed by atoms with Crippen LogP contribution in [0.25, 0.3) is 0 Å². The summed E-state index contributed by atoms with van der Waals surface area (Å²) in [5, 5.41) is 4.05. The van der Waals surface area contributed by atoms with Crippen LogP contribution in [0.15, 0.2) is 53.6 Å². The molecule has 0 aliphatic rings. The molecule has 0 saturated heterocycles. The quantitative estimate of drug-likeness (QED) is 0.0479. The number of nitrogens with zero attached hydrogens (tertiary/aromatic N) is 1. The third kappa shape index (κ3) is 16.6. The summed E-state index contributed by atoms with van der Waals surface area (Å²) in [4.78, 5) is 24.4. The van der Waals surface area contributed by atoms with Gasteiger partial charge in [-0.05, 0) is 66.9 Å². The standard InChI is InChI=1S/C35H52N2O4/c1-3-5-6-7-8-9-10-11-12-13-14-15-16-17-18-19-34(38)37-36-29-30-20-24-33(25-21-30)41-35(39)31-22-26-32(27-23-31)40-28-4-2/h20-27,29H,3-19,28H2,1-2H3,(H,37,38)/b36-29-. The van der Waals surface area contributed by atoms with Gasteiger partial charge in [-0.25, -0.2) is 10.2 Å². The molecule has 1 N–H and O–H groups in total. The van der Waals surface area contributed by atoms with E-state index < -0.39 is 5.97 Å². The minimum absolute atomic E-state index is 0.0624. The van der Waals surface area contributed by atoms with Crippen molar-refractivity contribution in [2.75, 3.05) is 6.61 Å². The van der Waals surface area contributed by atoms with Crippen LogP contribution in [0.5, 0.6) is 11.5 Å². The van der Waals surface area contributed by atoms with Crippen molar-refractivity contribution in [3.05, 3.63) is 59.7 Å². The van der Waals surface area contributed by atoms with E-state index in [-0.39, 0.29) is 5.91 Å². The van der Waals surface area contributed by atoms with Crippen LogP contribution in [0.3, 0.4) is 0 Å². The first-order valence-electron chi connectivity index (χ1n) is 16.0. The van der Waals surface area contributed by atoms with Gasteiger partial charge in [0.15, 0.2) is 0 Å². The zero-order chi connectivity index (χ0) is 29.4. The van der Waals surface area contributed by atoms with Crippen molar-refractivity contribution in [2.24, 2.45) is 5.10 Å². The highest BCUT2D eigenvalue weighted by Crippen LogP contribution is 2.17. The maximum atomic E-state index is 12.4. The van der Waals surface area contributed by atoms with Crippen molar-refractivity contribution in [1.29, 1.82) is 0 Å². The van der Waals surface area contributed by atoms with E-state index in [0.717, 1.165) is 30.6 Å². The normalized spacial score (nSPS) is 11.1. The zero-order valence-electron chi connectivity index (χ0n) is 25.5. The van der Waals surface area contributed by atoms with Crippen molar-refractivity contribution in [2.45, 2.75) is 123 Å². The van der Waals surface area contributed by atoms with Crippen LogP contribution in [0.2, 0.25) is 0 Å². The number of amides is 1. The average molecular weight is 565 g/mol. The molecule has 41 heavy (non-hydrogen) atoms. The first kappa shape index (κ1) is 34.1. The first-order valence-corrected chi connectivity index (χ1v) is 16.0. The van der Waals surface area contributed by atoms with E-state index in [0.29, 0.717) is 24.3 Å². The zero-order valence-corrected chi connectivity index (χ0v) is 25.5. The molecule has 0 bridgehead atoms. The van der Waals surface area contributed by atoms with Gasteiger partial charge in [0.2, 0.25) is 5.91 Å². The fourth-order valence-electron chi connectivity index (χ4n) is 4.59. The van der Waals surface area contributed by atoms with Gasteiger partial charge >= 0.3 is 5.97 Å². The maximum absolute atomic E-state index is 12.4. The lowest BCUT2D eigenvalue weighted by molar-refractivity contribution is -0.121. The van der Waals surface area contributed by atoms with E-state index in [9.17, 15) is 9.59 Å². The molecule has 6 heteroatoms. The number of hydrogen-bond donors (Lipinski definition) is 1. The molecule has 2 aromatic carbocycles. The molecule has 0 aliphatic carbocycles. The van der Waals surface area contributed by atoms with Gasteiger partial charge in [0.1, 0.15) is 11.5 Å². The Morgan fingerprint density at radius 2 is 1.17 bits per heavy atom. The summed E-state index contributed by atoms with van der Waals surface area (Å²) in [6, 6.07) is 13.9. The summed E-state index contributed by atoms with van der Waals surface area (Å²) in [6.07, 6.45) is 22.6. The fraction of sp³-hybridized carbons (Fsp3) is 0.571. The number of nitrogens with one attached hydrogen (secondary N) is 1. The van der Waals surface area contributed by atoms with E-state index >= 15 is 0 Å². The second-order valence-electron chi connectivity index (χ2n) is 10.8. The van der Waals surface area contributed by atoms with E-state index in [4.69, 9.17) is 9.47 Å². The lowest BCUT2D eigenvalue weighted by atomic mass is 10.0. The molecule has 2 rings (SSSR count). The number of hydrazone groups is 1. The van der Waals surface area contributed by atoms with Gasteiger partial charge in [0.25, 0.3) is 0 Å². The fourth-order valence-corrected chi connectivity index (χ4v) is 4.59. The minimum atomic E-state index is -0.431. The Labute approximate surface area is 248 Å². The predicted molar refractivity (Wildman–Crippen MR) is 169 cm³/mol. The summed E-state index contributed by atoms with van der Waals surface area (Å²) in [6.45, 7) is 4.95. The monoisotopic (exact) mass is 564 g/mol. The molecule has 2 aromatic rings. The number of carbonyl (C=O) groups excluding carboxylic acids is 2. The molecule has 6 nitrogen and oxygen atoms in total. The molecule has 1 amide bonds. The molecule has 0 spiro atoms. The van der Waals surface area contributed by atoms with Crippen LogP contribution in [0.1, 0.15) is 139 Å². The Balaban J connectivity index is 1.49. The summed E-state index contributed by atoms with van der Waals surface area (Å²) in [5.41, 5.74) is 3.86. The van der Waals surface area contributed by atoms with Crippen molar-refractivity contribution >= 4 is 18.1 Å². The molecule has 0 aliphatic heterocycles. The Morgan fingerprint density at radius 3 is 1.71 bits per heavy atom. The third-order valence-corrected chi connectivity index (χ3v) is 7.06. The number of benzene rings is 2. The molecule has 0 unspecified atom stereocenters. The van der Waals surface area contributed by atoms with E-state index in [1.807, 2.05) is 6.92 Å². The molecule has 0 aromatic heterocycles. The number of unbranched alkanes of at least 4 members (excludes halogenated alkanes) is 14. The molecular weight excluding hydrogens is 512 g/mol. The van der Waals surface area contributed by atoms with Crippen molar-refractivity contribution < 1.29 is 19.1 Å². The number of rotatable bonds is 23. The smallest absolute Gasteiger partial charge is 0.343 e. The highest BCUT2D eigenvalue weighted by molar-refractivity contribution is 5.91. The van der Waals surface area contributed by atoms with Gasteiger partial charge in [0, 0.05) is 6.42 Å². The number of carbonyl (C=O) groups is 2. The predicted octanol–water partition coefficient (Wildman–Crippen LogP) is 9.41. The number of ether oxygens (including phenoxy) is 2. The highest BCUT2D eigenvalue weighted by atomic mass is 16.5. The van der Waals surface area contributed by atoms with Gasteiger partial charge in [0.05, 0.1) is 18.4 Å². The molecule has 0 radical (unpaired) electrons. The van der Waals surface area contributed by atoms with Crippen LogP contribution in [-0.4, -0.2) is 24.7 Å². The van der Waals surface area contributed by atoms with E-state index in [1.165, 1.54) is 83.5 Å². The van der Waals surface area contributed by atoms with E-state index in [1.54, 1.807) is 54.7 Å². The van der Waals surface area contributed by atoms with Crippen LogP contribution >= 0.6 is 0 Å². The summed E-state index contributed by atoms with van der Waals surface area (Å²) >= 11 is 0. The van der Waals surface area contributed by atoms with Crippen LogP contribution in [0.4, 0.5) is 0 Å². The topological polar surface area (TPSA) is 77.0 Å².